The lowest BCUT2D eigenvalue weighted by molar-refractivity contribution is -0.384. The zero-order valence-corrected chi connectivity index (χ0v) is 40.5. The summed E-state index contributed by atoms with van der Waals surface area (Å²) in [7, 11) is 2.06. The molecule has 1 aliphatic carbocycles. The largest absolute Gasteiger partial charge is 0.379 e. The number of rotatable bonds is 15. The molecule has 3 N–H and O–H groups in total. The molecule has 2 saturated heterocycles. The summed E-state index contributed by atoms with van der Waals surface area (Å²) in [5.41, 5.74) is 6.70. The molecular weight excluding hydrogens is 846 g/mol. The van der Waals surface area contributed by atoms with Gasteiger partial charge in [0, 0.05) is 83.2 Å². The molecule has 1 amide bonds. The first-order valence-electron chi connectivity index (χ1n) is 22.6. The number of carbonyl (C=O) groups is 1. The van der Waals surface area contributed by atoms with E-state index in [0.29, 0.717) is 28.1 Å². The Morgan fingerprint density at radius 3 is 2.19 bits per heavy atom. The quantitative estimate of drug-likeness (QED) is 0.0351. The fourth-order valence-corrected chi connectivity index (χ4v) is 9.82. The molecule has 0 spiro atoms. The van der Waals surface area contributed by atoms with Gasteiger partial charge >= 0.3 is 0 Å². The topological polar surface area (TPSA) is 106 Å². The van der Waals surface area contributed by atoms with Crippen LogP contribution >= 0.6 is 35.3 Å². The van der Waals surface area contributed by atoms with Crippen molar-refractivity contribution in [2.75, 3.05) is 81.9 Å². The van der Waals surface area contributed by atoms with Gasteiger partial charge in [-0.1, -0.05) is 82.1 Å². The molecule has 0 aromatic heterocycles. The summed E-state index contributed by atoms with van der Waals surface area (Å²) in [5.74, 6) is 0.520. The van der Waals surface area contributed by atoms with E-state index in [2.05, 4.69) is 70.0 Å². The number of hydrogen-bond donors (Lipinski definition) is 3. The maximum Gasteiger partial charge on any atom is 0.293 e. The SMILES string of the molecule is CC.CC1(C)CCC(c2ccc(Cl)cc2)=C(CN2CCN(c3ccc(C(=O)NSc4ccc(NCCSc5ccccc5)c([N+](=O)[O-])c4)cc3)CC2)C1.CCN1CCC(NC)CC1. The summed E-state index contributed by atoms with van der Waals surface area (Å²) in [6, 6.07) is 31.8. The van der Waals surface area contributed by atoms with E-state index in [9.17, 15) is 14.9 Å². The van der Waals surface area contributed by atoms with E-state index < -0.39 is 4.92 Å². The smallest absolute Gasteiger partial charge is 0.293 e. The van der Waals surface area contributed by atoms with Crippen LogP contribution in [0.15, 0.2) is 112 Å². The van der Waals surface area contributed by atoms with E-state index in [1.165, 1.54) is 56.1 Å². The number of piperazine rings is 1. The van der Waals surface area contributed by atoms with Crippen LogP contribution < -0.4 is 20.3 Å². The third-order valence-electron chi connectivity index (χ3n) is 11.9. The van der Waals surface area contributed by atoms with Crippen molar-refractivity contribution in [3.63, 3.8) is 0 Å². The Balaban J connectivity index is 0.000000544. The van der Waals surface area contributed by atoms with E-state index in [-0.39, 0.29) is 11.6 Å². The van der Waals surface area contributed by atoms with Crippen molar-refractivity contribution in [2.24, 2.45) is 5.41 Å². The van der Waals surface area contributed by atoms with Crippen LogP contribution in [0, 0.1) is 15.5 Å². The molecule has 4 aromatic carbocycles. The maximum atomic E-state index is 13.0. The number of nitrogens with one attached hydrogen (secondary N) is 3. The van der Waals surface area contributed by atoms with Gasteiger partial charge in [0.25, 0.3) is 11.6 Å². The van der Waals surface area contributed by atoms with Crippen LogP contribution in [0.1, 0.15) is 82.6 Å². The van der Waals surface area contributed by atoms with Gasteiger partial charge in [0.15, 0.2) is 0 Å². The van der Waals surface area contributed by atoms with Crippen molar-refractivity contribution in [3.8, 4) is 0 Å². The van der Waals surface area contributed by atoms with Crippen molar-refractivity contribution in [1.29, 1.82) is 0 Å². The first-order valence-corrected chi connectivity index (χ1v) is 24.8. The minimum absolute atomic E-state index is 0.0234. The number of allylic oxidation sites excluding steroid dienone is 1. The Bertz CT molecular complexity index is 2040. The second-order valence-corrected chi connectivity index (χ2v) is 19.3. The highest BCUT2D eigenvalue weighted by Gasteiger charge is 2.29. The number of nitro benzene ring substituents is 1. The molecule has 340 valence electrons. The van der Waals surface area contributed by atoms with Crippen LogP contribution in [0.25, 0.3) is 5.57 Å². The standard InChI is InChI=1S/C40H44ClN5O3S2.C8H18N2.C2H6/c1-40(2)19-18-36(29-8-12-32(41)13-9-29)31(27-40)28-44-21-23-45(24-22-44)33-14-10-30(11-15-33)39(47)43-51-35-16-17-37(38(26-35)46(48)49)42-20-25-50-34-6-4-3-5-7-34;1-3-10-6-4-8(9-2)5-7-10;1-2/h3-17,26,42H,18-25,27-28H2,1-2H3,(H,43,47);8-9H,3-7H2,1-2H3;1-2H3. The molecule has 0 unspecified atom stereocenters. The van der Waals surface area contributed by atoms with Gasteiger partial charge in [0.1, 0.15) is 5.69 Å². The summed E-state index contributed by atoms with van der Waals surface area (Å²) in [5, 5.41) is 19.1. The van der Waals surface area contributed by atoms with Crippen molar-refractivity contribution < 1.29 is 9.72 Å². The predicted octanol–water partition coefficient (Wildman–Crippen LogP) is 11.4. The van der Waals surface area contributed by atoms with E-state index in [1.54, 1.807) is 29.5 Å². The third-order valence-corrected chi connectivity index (χ3v) is 14.0. The number of nitrogens with zero attached hydrogens (tertiary/aromatic N) is 4. The first kappa shape index (κ1) is 50.0. The molecule has 0 atom stereocenters. The fourth-order valence-electron chi connectivity index (χ4n) is 8.27. The number of likely N-dealkylation sites (tertiary alicyclic amines) is 1. The molecule has 10 nitrogen and oxygen atoms in total. The third kappa shape index (κ3) is 15.6. The Kier molecular flexibility index (Phi) is 20.2. The van der Waals surface area contributed by atoms with Crippen LogP contribution in [-0.4, -0.2) is 98.4 Å². The van der Waals surface area contributed by atoms with Crippen molar-refractivity contribution in [2.45, 2.75) is 82.6 Å². The molecule has 2 heterocycles. The van der Waals surface area contributed by atoms with Gasteiger partial charge in [-0.25, -0.2) is 0 Å². The van der Waals surface area contributed by atoms with Gasteiger partial charge in [0.05, 0.1) is 4.92 Å². The number of thioether (sulfide) groups is 1. The van der Waals surface area contributed by atoms with Gasteiger partial charge < -0.3 is 20.4 Å². The fraction of sp³-hybridized carbons (Fsp3) is 0.460. The average molecular weight is 915 g/mol. The average Bonchev–Trinajstić information content (AvgIpc) is 3.31. The summed E-state index contributed by atoms with van der Waals surface area (Å²) in [4.78, 5) is 33.6. The molecule has 2 aliphatic heterocycles. The lowest BCUT2D eigenvalue weighted by atomic mass is 9.73. The van der Waals surface area contributed by atoms with Gasteiger partial charge in [-0.05, 0) is 148 Å². The van der Waals surface area contributed by atoms with E-state index in [4.69, 9.17) is 11.6 Å². The number of benzene rings is 4. The number of halogens is 1. The van der Waals surface area contributed by atoms with Crippen molar-refractivity contribution >= 4 is 63.9 Å². The number of hydrogen-bond acceptors (Lipinski definition) is 10. The maximum absolute atomic E-state index is 13.0. The molecule has 7 rings (SSSR count). The van der Waals surface area contributed by atoms with Crippen LogP contribution in [0.5, 0.6) is 0 Å². The predicted molar refractivity (Wildman–Crippen MR) is 269 cm³/mol. The second kappa shape index (κ2) is 25.4. The van der Waals surface area contributed by atoms with Crippen LogP contribution in [0.4, 0.5) is 17.1 Å². The minimum Gasteiger partial charge on any atom is -0.379 e. The van der Waals surface area contributed by atoms with E-state index >= 15 is 0 Å². The number of nitro groups is 1. The van der Waals surface area contributed by atoms with Crippen molar-refractivity contribution in [3.05, 3.63) is 129 Å². The van der Waals surface area contributed by atoms with Crippen LogP contribution in [-0.2, 0) is 0 Å². The van der Waals surface area contributed by atoms with Gasteiger partial charge in [-0.3, -0.25) is 24.5 Å². The zero-order chi connectivity index (χ0) is 45.2. The van der Waals surface area contributed by atoms with Gasteiger partial charge in [-0.15, -0.1) is 11.8 Å². The summed E-state index contributed by atoms with van der Waals surface area (Å²) in [6.07, 6.45) is 6.05. The summed E-state index contributed by atoms with van der Waals surface area (Å²) >= 11 is 8.95. The Labute approximate surface area is 390 Å². The van der Waals surface area contributed by atoms with Crippen LogP contribution in [0.2, 0.25) is 5.02 Å². The highest BCUT2D eigenvalue weighted by Crippen LogP contribution is 2.43. The Morgan fingerprint density at radius 2 is 1.56 bits per heavy atom. The molecule has 63 heavy (non-hydrogen) atoms. The Hall–Kier alpha value is -4.04. The van der Waals surface area contributed by atoms with Gasteiger partial charge in [0.2, 0.25) is 0 Å². The number of amides is 1. The molecule has 4 aromatic rings. The molecule has 0 radical (unpaired) electrons. The van der Waals surface area contributed by atoms with E-state index in [1.807, 2.05) is 80.6 Å². The van der Waals surface area contributed by atoms with E-state index in [0.717, 1.165) is 84.9 Å². The molecule has 0 bridgehead atoms. The molecule has 2 fully saturated rings. The Morgan fingerprint density at radius 1 is 0.873 bits per heavy atom. The number of piperidine rings is 1. The van der Waals surface area contributed by atoms with Crippen LogP contribution in [0.3, 0.4) is 0 Å². The normalized spacial score (nSPS) is 16.9. The summed E-state index contributed by atoms with van der Waals surface area (Å²) < 4.78 is 2.84. The number of carbonyl (C=O) groups excluding carboxylic acids is 1. The van der Waals surface area contributed by atoms with Crippen molar-refractivity contribution in [1.82, 2.24) is 19.8 Å². The molecule has 3 aliphatic rings. The number of anilines is 2. The van der Waals surface area contributed by atoms with Gasteiger partial charge in [-0.2, -0.15) is 0 Å². The highest BCUT2D eigenvalue weighted by molar-refractivity contribution is 7.99. The molecule has 0 saturated carbocycles. The lowest BCUT2D eigenvalue weighted by Gasteiger charge is -2.39. The zero-order valence-electron chi connectivity index (χ0n) is 38.1. The second-order valence-electron chi connectivity index (χ2n) is 16.8. The monoisotopic (exact) mass is 913 g/mol. The molecular formula is C50H68ClN7O3S2. The first-order chi connectivity index (χ1) is 30.5. The summed E-state index contributed by atoms with van der Waals surface area (Å²) in [6.45, 7) is 20.1. The highest BCUT2D eigenvalue weighted by atomic mass is 35.5. The molecule has 13 heteroatoms. The minimum atomic E-state index is -0.399. The lowest BCUT2D eigenvalue weighted by Crippen LogP contribution is -2.47.